The first-order valence-corrected chi connectivity index (χ1v) is 8.03. The number of amides is 1. The van der Waals surface area contributed by atoms with E-state index in [2.05, 4.69) is 0 Å². The first-order valence-electron chi connectivity index (χ1n) is 6.88. The Morgan fingerprint density at radius 2 is 2.33 bits per heavy atom. The Kier molecular flexibility index (Phi) is 5.69. The maximum atomic E-state index is 12.7. The maximum absolute atomic E-state index is 12.7. The third kappa shape index (κ3) is 4.01. The van der Waals surface area contributed by atoms with Gasteiger partial charge in [0.05, 0.1) is 19.1 Å². The fraction of sp³-hybridized carbons (Fsp3) is 0.571. The Morgan fingerprint density at radius 1 is 1.52 bits per heavy atom. The van der Waals surface area contributed by atoms with Gasteiger partial charge in [0.2, 0.25) is 0 Å². The largest absolute Gasteiger partial charge is 0.481 e. The fourth-order valence-corrected chi connectivity index (χ4v) is 3.50. The predicted octanol–water partition coefficient (Wildman–Crippen LogP) is 1.17. The number of ether oxygens (including phenoxy) is 1. The molecule has 2 heterocycles. The summed E-state index contributed by atoms with van der Waals surface area (Å²) in [6.45, 7) is 1.73. The van der Waals surface area contributed by atoms with Crippen molar-refractivity contribution in [2.75, 3.05) is 31.8 Å². The average Bonchev–Trinajstić information content (AvgIpc) is 2.92. The average molecular weight is 312 g/mol. The molecule has 0 spiro atoms. The SMILES string of the molecule is COCCn1cccc1C(=O)N1CCSCC1CC(=O)O. The minimum Gasteiger partial charge on any atom is -0.481 e. The van der Waals surface area contributed by atoms with Crippen LogP contribution in [0.5, 0.6) is 0 Å². The van der Waals surface area contributed by atoms with Gasteiger partial charge >= 0.3 is 5.97 Å². The lowest BCUT2D eigenvalue weighted by atomic mass is 10.2. The number of methoxy groups -OCH3 is 1. The summed E-state index contributed by atoms with van der Waals surface area (Å²) in [4.78, 5) is 25.4. The Morgan fingerprint density at radius 3 is 3.05 bits per heavy atom. The molecule has 1 atom stereocenters. The van der Waals surface area contributed by atoms with Crippen molar-refractivity contribution < 1.29 is 19.4 Å². The first-order chi connectivity index (χ1) is 10.1. The van der Waals surface area contributed by atoms with Crippen molar-refractivity contribution in [1.82, 2.24) is 9.47 Å². The normalized spacial score (nSPS) is 18.7. The Labute approximate surface area is 128 Å². The number of thioether (sulfide) groups is 1. The molecule has 0 bridgehead atoms. The van der Waals surface area contributed by atoms with Gasteiger partial charge in [0.1, 0.15) is 5.69 Å². The van der Waals surface area contributed by atoms with Gasteiger partial charge < -0.3 is 19.3 Å². The smallest absolute Gasteiger partial charge is 0.305 e. The molecule has 1 N–H and O–H groups in total. The van der Waals surface area contributed by atoms with Crippen LogP contribution in [0.25, 0.3) is 0 Å². The Hall–Kier alpha value is -1.47. The van der Waals surface area contributed by atoms with Gasteiger partial charge in [0.25, 0.3) is 5.91 Å². The van der Waals surface area contributed by atoms with Crippen molar-refractivity contribution in [3.8, 4) is 0 Å². The molecule has 0 saturated carbocycles. The van der Waals surface area contributed by atoms with Crippen molar-refractivity contribution in [2.24, 2.45) is 0 Å². The zero-order valence-electron chi connectivity index (χ0n) is 12.0. The van der Waals surface area contributed by atoms with Gasteiger partial charge in [0.15, 0.2) is 0 Å². The first kappa shape index (κ1) is 15.9. The van der Waals surface area contributed by atoms with Crippen LogP contribution in [0.3, 0.4) is 0 Å². The number of carbonyl (C=O) groups is 2. The molecule has 1 saturated heterocycles. The highest BCUT2D eigenvalue weighted by Gasteiger charge is 2.30. The summed E-state index contributed by atoms with van der Waals surface area (Å²) in [6.07, 6.45) is 1.84. The van der Waals surface area contributed by atoms with Crippen LogP contribution in [0.15, 0.2) is 18.3 Å². The van der Waals surface area contributed by atoms with Gasteiger partial charge in [-0.2, -0.15) is 11.8 Å². The Bertz CT molecular complexity index is 503. The molecule has 7 heteroatoms. The zero-order valence-corrected chi connectivity index (χ0v) is 12.8. The zero-order chi connectivity index (χ0) is 15.2. The molecular formula is C14H20N2O4S. The lowest BCUT2D eigenvalue weighted by molar-refractivity contribution is -0.138. The molecule has 1 fully saturated rings. The molecule has 21 heavy (non-hydrogen) atoms. The standard InChI is InChI=1S/C14H20N2O4S/c1-20-7-5-15-4-2-3-12(15)14(19)16-6-8-21-10-11(16)9-13(17)18/h2-4,11H,5-10H2,1H3,(H,17,18). The van der Waals surface area contributed by atoms with Crippen molar-refractivity contribution in [1.29, 1.82) is 0 Å². The van der Waals surface area contributed by atoms with E-state index in [1.165, 1.54) is 0 Å². The summed E-state index contributed by atoms with van der Waals surface area (Å²) in [7, 11) is 1.62. The van der Waals surface area contributed by atoms with Gasteiger partial charge in [-0.1, -0.05) is 0 Å². The van der Waals surface area contributed by atoms with Crippen LogP contribution in [-0.2, 0) is 16.1 Å². The molecule has 0 aromatic carbocycles. The van der Waals surface area contributed by atoms with Crippen LogP contribution in [-0.4, -0.2) is 64.3 Å². The molecule has 1 amide bonds. The molecule has 1 aliphatic heterocycles. The Balaban J connectivity index is 2.13. The number of carboxylic acid groups (broad SMARTS) is 1. The summed E-state index contributed by atoms with van der Waals surface area (Å²) >= 11 is 1.70. The number of hydrogen-bond donors (Lipinski definition) is 1. The fourth-order valence-electron chi connectivity index (χ4n) is 2.43. The van der Waals surface area contributed by atoms with Gasteiger partial charge in [-0.05, 0) is 12.1 Å². The number of carbonyl (C=O) groups excluding carboxylic acids is 1. The van der Waals surface area contributed by atoms with Crippen molar-refractivity contribution in [3.05, 3.63) is 24.0 Å². The molecular weight excluding hydrogens is 292 g/mol. The van der Waals surface area contributed by atoms with Crippen LogP contribution in [0, 0.1) is 0 Å². The van der Waals surface area contributed by atoms with Crippen LogP contribution in [0.4, 0.5) is 0 Å². The second kappa shape index (κ2) is 7.51. The molecule has 2 rings (SSSR count). The number of aliphatic carboxylic acids is 1. The summed E-state index contributed by atoms with van der Waals surface area (Å²) in [6, 6.07) is 3.37. The quantitative estimate of drug-likeness (QED) is 0.853. The van der Waals surface area contributed by atoms with Gasteiger partial charge in [-0.3, -0.25) is 9.59 Å². The van der Waals surface area contributed by atoms with Crippen molar-refractivity contribution in [2.45, 2.75) is 19.0 Å². The van der Waals surface area contributed by atoms with E-state index in [-0.39, 0.29) is 18.4 Å². The summed E-state index contributed by atoms with van der Waals surface area (Å²) in [5.74, 6) is 0.565. The molecule has 1 aromatic rings. The van der Waals surface area contributed by atoms with E-state index in [0.29, 0.717) is 31.1 Å². The lowest BCUT2D eigenvalue weighted by Gasteiger charge is -2.34. The third-order valence-electron chi connectivity index (χ3n) is 3.48. The number of aromatic nitrogens is 1. The van der Waals surface area contributed by atoms with E-state index in [0.717, 1.165) is 5.75 Å². The second-order valence-electron chi connectivity index (χ2n) is 4.90. The van der Waals surface area contributed by atoms with Gasteiger partial charge in [0, 0.05) is 37.9 Å². The van der Waals surface area contributed by atoms with Crippen LogP contribution >= 0.6 is 11.8 Å². The molecule has 6 nitrogen and oxygen atoms in total. The van der Waals surface area contributed by atoms with Crippen molar-refractivity contribution >= 4 is 23.6 Å². The van der Waals surface area contributed by atoms with Crippen molar-refractivity contribution in [3.63, 3.8) is 0 Å². The molecule has 0 radical (unpaired) electrons. The molecule has 116 valence electrons. The van der Waals surface area contributed by atoms with E-state index in [4.69, 9.17) is 9.84 Å². The topological polar surface area (TPSA) is 71.8 Å². The minimum absolute atomic E-state index is 0.00246. The van der Waals surface area contributed by atoms with E-state index < -0.39 is 5.97 Å². The molecule has 1 aromatic heterocycles. The van der Waals surface area contributed by atoms with E-state index in [1.807, 2.05) is 16.8 Å². The number of carboxylic acids is 1. The minimum atomic E-state index is -0.866. The lowest BCUT2D eigenvalue weighted by Crippen LogP contribution is -2.47. The highest BCUT2D eigenvalue weighted by molar-refractivity contribution is 7.99. The van der Waals surface area contributed by atoms with Crippen LogP contribution in [0.2, 0.25) is 0 Å². The second-order valence-corrected chi connectivity index (χ2v) is 6.05. The molecule has 1 aliphatic rings. The van der Waals surface area contributed by atoms with Crippen LogP contribution < -0.4 is 0 Å². The monoisotopic (exact) mass is 312 g/mol. The highest BCUT2D eigenvalue weighted by atomic mass is 32.2. The maximum Gasteiger partial charge on any atom is 0.305 e. The van der Waals surface area contributed by atoms with E-state index in [1.54, 1.807) is 29.8 Å². The predicted molar refractivity (Wildman–Crippen MR) is 80.7 cm³/mol. The molecule has 0 aliphatic carbocycles. The number of rotatable bonds is 6. The number of nitrogens with zero attached hydrogens (tertiary/aromatic N) is 2. The van der Waals surface area contributed by atoms with Crippen LogP contribution in [0.1, 0.15) is 16.9 Å². The summed E-state index contributed by atoms with van der Waals surface area (Å²) < 4.78 is 6.89. The molecule has 1 unspecified atom stereocenters. The summed E-state index contributed by atoms with van der Waals surface area (Å²) in [5.41, 5.74) is 0.592. The summed E-state index contributed by atoms with van der Waals surface area (Å²) in [5, 5.41) is 9.00. The number of hydrogen-bond acceptors (Lipinski definition) is 4. The third-order valence-corrected chi connectivity index (χ3v) is 4.58. The van der Waals surface area contributed by atoms with E-state index >= 15 is 0 Å². The van der Waals surface area contributed by atoms with Gasteiger partial charge in [-0.25, -0.2) is 0 Å². The highest BCUT2D eigenvalue weighted by Crippen LogP contribution is 2.21. The van der Waals surface area contributed by atoms with Gasteiger partial charge in [-0.15, -0.1) is 0 Å². The van der Waals surface area contributed by atoms with E-state index in [9.17, 15) is 9.59 Å².